The second-order valence-corrected chi connectivity index (χ2v) is 15.5. The molecule has 12 rings (SSSR count). The molecule has 0 atom stereocenters. The van der Waals surface area contributed by atoms with E-state index >= 15 is 0 Å². The van der Waals surface area contributed by atoms with Gasteiger partial charge in [-0.25, -0.2) is 0 Å². The van der Waals surface area contributed by atoms with Crippen molar-refractivity contribution in [3.63, 3.8) is 0 Å². The van der Waals surface area contributed by atoms with Gasteiger partial charge in [0.2, 0.25) is 0 Å². The van der Waals surface area contributed by atoms with Gasteiger partial charge in [0.15, 0.2) is 0 Å². The van der Waals surface area contributed by atoms with Crippen molar-refractivity contribution in [3.8, 4) is 33.4 Å². The lowest BCUT2D eigenvalue weighted by molar-refractivity contribution is 0.669. The van der Waals surface area contributed by atoms with Crippen LogP contribution in [0, 0.1) is 20.8 Å². The van der Waals surface area contributed by atoms with Crippen LogP contribution in [-0.2, 0) is 0 Å². The van der Waals surface area contributed by atoms with E-state index in [1.54, 1.807) is 0 Å². The number of rotatable bonds is 3. The second kappa shape index (κ2) is 15.2. The minimum atomic E-state index is 0.946. The monoisotopic (exact) mass is 757 g/mol. The molecule has 0 aliphatic rings. The third-order valence-corrected chi connectivity index (χ3v) is 11.5. The highest BCUT2D eigenvalue weighted by molar-refractivity contribution is 6.23. The van der Waals surface area contributed by atoms with E-state index in [-0.39, 0.29) is 0 Å². The first kappa shape index (κ1) is 36.0. The van der Waals surface area contributed by atoms with Crippen LogP contribution in [-0.4, -0.2) is 4.40 Å². The van der Waals surface area contributed by atoms with Crippen LogP contribution in [0.15, 0.2) is 211 Å². The summed E-state index contributed by atoms with van der Waals surface area (Å²) in [5.74, 6) is 0. The third kappa shape index (κ3) is 6.69. The van der Waals surface area contributed by atoms with Crippen molar-refractivity contribution in [1.82, 2.24) is 4.40 Å². The molecule has 9 aromatic carbocycles. The van der Waals surface area contributed by atoms with E-state index in [4.69, 9.17) is 4.42 Å². The van der Waals surface area contributed by atoms with Crippen LogP contribution in [0.2, 0.25) is 0 Å². The highest BCUT2D eigenvalue weighted by Gasteiger charge is 2.17. The molecule has 2 nitrogen and oxygen atoms in total. The predicted molar refractivity (Wildman–Crippen MR) is 252 cm³/mol. The Morgan fingerprint density at radius 3 is 1.59 bits per heavy atom. The van der Waals surface area contributed by atoms with Gasteiger partial charge in [0.05, 0.1) is 16.6 Å². The molecule has 2 heteroatoms. The van der Waals surface area contributed by atoms with Gasteiger partial charge in [0, 0.05) is 32.3 Å². The lowest BCUT2D eigenvalue weighted by Crippen LogP contribution is -1.84. The minimum absolute atomic E-state index is 0.946. The summed E-state index contributed by atoms with van der Waals surface area (Å²) in [7, 11) is 0. The molecule has 282 valence electrons. The van der Waals surface area contributed by atoms with Crippen molar-refractivity contribution in [2.75, 3.05) is 0 Å². The first-order chi connectivity index (χ1) is 29.0. The van der Waals surface area contributed by atoms with E-state index in [1.165, 1.54) is 98.9 Å². The number of nitrogens with zero attached hydrogens (tertiary/aromatic N) is 1. The number of furan rings is 1. The van der Waals surface area contributed by atoms with Crippen molar-refractivity contribution < 1.29 is 4.42 Å². The standard InChI is InChI=1S/C19H13N.C19H14O.C19H16/c1-12-6-4-11-17-18(12)15-9-5-8-14-13-7-2-3-10-16(13)20(17)19(14)15;1-13-6-8-14(9-7-13)15-10-11-19-17(12-15)16-4-2-3-5-18(16)20-19;1-15-12-18(16-8-4-2-5-9-16)14-19(13-15)17-10-6-3-7-11-17/h2-11H,1H3;2-12H,1H3;2-14H,1H3. The predicted octanol–water partition coefficient (Wildman–Crippen LogP) is 16.0. The molecule has 3 heterocycles. The van der Waals surface area contributed by atoms with E-state index in [9.17, 15) is 0 Å². The fourth-order valence-corrected chi connectivity index (χ4v) is 8.69. The van der Waals surface area contributed by atoms with Gasteiger partial charge < -0.3 is 8.82 Å². The zero-order valence-electron chi connectivity index (χ0n) is 33.5. The normalized spacial score (nSPS) is 11.3. The van der Waals surface area contributed by atoms with E-state index in [1.807, 2.05) is 12.1 Å². The van der Waals surface area contributed by atoms with Crippen LogP contribution in [0.5, 0.6) is 0 Å². The van der Waals surface area contributed by atoms with Gasteiger partial charge in [0.1, 0.15) is 11.2 Å². The fourth-order valence-electron chi connectivity index (χ4n) is 8.69. The number of fused-ring (bicyclic) bond motifs is 9. The molecule has 0 aliphatic heterocycles. The maximum absolute atomic E-state index is 5.86. The number of para-hydroxylation sites is 3. The van der Waals surface area contributed by atoms with Crippen LogP contribution in [0.1, 0.15) is 16.7 Å². The molecule has 0 unspecified atom stereocenters. The van der Waals surface area contributed by atoms with E-state index in [2.05, 4.69) is 219 Å². The van der Waals surface area contributed by atoms with E-state index < -0.39 is 0 Å². The lowest BCUT2D eigenvalue weighted by atomic mass is 9.97. The summed E-state index contributed by atoms with van der Waals surface area (Å²) >= 11 is 0. The lowest BCUT2D eigenvalue weighted by Gasteiger charge is -2.08. The van der Waals surface area contributed by atoms with Crippen molar-refractivity contribution in [1.29, 1.82) is 0 Å². The largest absolute Gasteiger partial charge is 0.456 e. The molecular weight excluding hydrogens is 715 g/mol. The highest BCUT2D eigenvalue weighted by Crippen LogP contribution is 2.40. The Bertz CT molecular complexity index is 3330. The first-order valence-corrected chi connectivity index (χ1v) is 20.3. The van der Waals surface area contributed by atoms with Gasteiger partial charge in [-0.05, 0) is 102 Å². The summed E-state index contributed by atoms with van der Waals surface area (Å²) in [5, 5.41) is 7.81. The highest BCUT2D eigenvalue weighted by atomic mass is 16.3. The van der Waals surface area contributed by atoms with Crippen LogP contribution in [0.25, 0.3) is 93.4 Å². The number of aryl methyl sites for hydroxylation is 3. The second-order valence-electron chi connectivity index (χ2n) is 15.5. The van der Waals surface area contributed by atoms with Crippen molar-refractivity contribution in [2.45, 2.75) is 20.8 Å². The fraction of sp³-hybridized carbons (Fsp3) is 0.0526. The average molecular weight is 758 g/mol. The summed E-state index contributed by atoms with van der Waals surface area (Å²) in [6.45, 7) is 6.46. The van der Waals surface area contributed by atoms with Crippen LogP contribution < -0.4 is 0 Å². The summed E-state index contributed by atoms with van der Waals surface area (Å²) in [5.41, 5.74) is 17.4. The van der Waals surface area contributed by atoms with Crippen LogP contribution in [0.4, 0.5) is 0 Å². The summed E-state index contributed by atoms with van der Waals surface area (Å²) < 4.78 is 8.28. The van der Waals surface area contributed by atoms with E-state index in [0.29, 0.717) is 0 Å². The summed E-state index contributed by atoms with van der Waals surface area (Å²) in [4.78, 5) is 0. The maximum Gasteiger partial charge on any atom is 0.135 e. The Kier molecular flexibility index (Phi) is 9.24. The number of hydrogen-bond donors (Lipinski definition) is 0. The molecule has 3 aromatic heterocycles. The maximum atomic E-state index is 5.86. The SMILES string of the molecule is Cc1cc(-c2ccccc2)cc(-c2ccccc2)c1.Cc1ccc(-c2ccc3oc4ccccc4c3c2)cc1.Cc1cccc2c1c1cccc3c4ccccc4n2c31. The van der Waals surface area contributed by atoms with Crippen LogP contribution in [0.3, 0.4) is 0 Å². The molecule has 0 bridgehead atoms. The molecule has 0 radical (unpaired) electrons. The molecule has 0 N–H and O–H groups in total. The Balaban J connectivity index is 0.000000107. The molecule has 59 heavy (non-hydrogen) atoms. The van der Waals surface area contributed by atoms with Crippen molar-refractivity contribution >= 4 is 60.0 Å². The van der Waals surface area contributed by atoms with Crippen molar-refractivity contribution in [2.24, 2.45) is 0 Å². The molecule has 0 amide bonds. The Morgan fingerprint density at radius 1 is 0.322 bits per heavy atom. The molecule has 0 spiro atoms. The summed E-state index contributed by atoms with van der Waals surface area (Å²) in [6.07, 6.45) is 0. The zero-order chi connectivity index (χ0) is 39.9. The third-order valence-electron chi connectivity index (χ3n) is 11.5. The average Bonchev–Trinajstić information content (AvgIpc) is 3.95. The molecule has 0 aliphatic carbocycles. The molecule has 0 fully saturated rings. The Labute approximate surface area is 344 Å². The number of benzene rings is 9. The smallest absolute Gasteiger partial charge is 0.135 e. The number of aromatic nitrogens is 1. The van der Waals surface area contributed by atoms with Crippen molar-refractivity contribution in [3.05, 3.63) is 223 Å². The Morgan fingerprint density at radius 2 is 0.864 bits per heavy atom. The van der Waals surface area contributed by atoms with E-state index in [0.717, 1.165) is 11.2 Å². The zero-order valence-corrected chi connectivity index (χ0v) is 33.5. The Hall–Kier alpha value is -7.42. The molecule has 12 aromatic rings. The summed E-state index contributed by atoms with van der Waals surface area (Å²) in [6, 6.07) is 72.9. The first-order valence-electron chi connectivity index (χ1n) is 20.3. The number of hydrogen-bond acceptors (Lipinski definition) is 1. The van der Waals surface area contributed by atoms with Gasteiger partial charge in [-0.2, -0.15) is 0 Å². The van der Waals surface area contributed by atoms with Crippen LogP contribution >= 0.6 is 0 Å². The quantitative estimate of drug-likeness (QED) is 0.175. The van der Waals surface area contributed by atoms with Gasteiger partial charge >= 0.3 is 0 Å². The molecule has 0 saturated heterocycles. The van der Waals surface area contributed by atoms with Gasteiger partial charge in [-0.1, -0.05) is 175 Å². The van der Waals surface area contributed by atoms with Gasteiger partial charge in [0.25, 0.3) is 0 Å². The van der Waals surface area contributed by atoms with Gasteiger partial charge in [-0.3, -0.25) is 0 Å². The topological polar surface area (TPSA) is 17.6 Å². The molecule has 0 saturated carbocycles. The molecular formula is C57H43NO. The van der Waals surface area contributed by atoms with Gasteiger partial charge in [-0.15, -0.1) is 0 Å². The minimum Gasteiger partial charge on any atom is -0.456 e.